The van der Waals surface area contributed by atoms with Gasteiger partial charge in [-0.1, -0.05) is 39.0 Å². The predicted molar refractivity (Wildman–Crippen MR) is 99.6 cm³/mol. The number of aliphatic carboxylic acids is 1. The molecule has 148 valence electrons. The molecule has 0 aromatic carbocycles. The van der Waals surface area contributed by atoms with Crippen LogP contribution in [-0.4, -0.2) is 58.4 Å². The van der Waals surface area contributed by atoms with Gasteiger partial charge in [0.05, 0.1) is 0 Å². The van der Waals surface area contributed by atoms with E-state index < -0.39 is 5.97 Å². The van der Waals surface area contributed by atoms with Gasteiger partial charge in [0.2, 0.25) is 11.8 Å². The predicted octanol–water partition coefficient (Wildman–Crippen LogP) is 2.91. The van der Waals surface area contributed by atoms with Crippen molar-refractivity contribution in [2.75, 3.05) is 19.6 Å². The molecule has 0 spiro atoms. The molecule has 2 unspecified atom stereocenters. The highest BCUT2D eigenvalue weighted by molar-refractivity contribution is 5.80. The maximum Gasteiger partial charge on any atom is 0.323 e. The SMILES string of the molecule is CC(=O)N(CC(=O)O)C1CCCN(C(=O)CC(C)C2CCCCC2)CC1. The summed E-state index contributed by atoms with van der Waals surface area (Å²) < 4.78 is 0. The van der Waals surface area contributed by atoms with Crippen LogP contribution in [-0.2, 0) is 14.4 Å². The van der Waals surface area contributed by atoms with Crippen molar-refractivity contribution in [2.45, 2.75) is 77.7 Å². The topological polar surface area (TPSA) is 77.9 Å². The summed E-state index contributed by atoms with van der Waals surface area (Å²) in [4.78, 5) is 39.0. The van der Waals surface area contributed by atoms with E-state index in [0.29, 0.717) is 37.8 Å². The second-order valence-corrected chi connectivity index (χ2v) is 8.09. The highest BCUT2D eigenvalue weighted by atomic mass is 16.4. The minimum atomic E-state index is -0.987. The summed E-state index contributed by atoms with van der Waals surface area (Å²) in [5.41, 5.74) is 0. The van der Waals surface area contributed by atoms with Crippen molar-refractivity contribution in [1.29, 1.82) is 0 Å². The lowest BCUT2D eigenvalue weighted by atomic mass is 9.79. The summed E-state index contributed by atoms with van der Waals surface area (Å²) in [6.07, 6.45) is 9.26. The highest BCUT2D eigenvalue weighted by Crippen LogP contribution is 2.32. The Hall–Kier alpha value is -1.59. The first kappa shape index (κ1) is 20.7. The molecule has 2 rings (SSSR count). The van der Waals surface area contributed by atoms with Crippen molar-refractivity contribution in [3.8, 4) is 0 Å². The Morgan fingerprint density at radius 3 is 2.35 bits per heavy atom. The lowest BCUT2D eigenvalue weighted by Gasteiger charge is -2.30. The molecule has 1 N–H and O–H groups in total. The Balaban J connectivity index is 1.87. The fraction of sp³-hybridized carbons (Fsp3) is 0.850. The zero-order valence-corrected chi connectivity index (χ0v) is 16.3. The minimum Gasteiger partial charge on any atom is -0.480 e. The van der Waals surface area contributed by atoms with Gasteiger partial charge in [-0.05, 0) is 31.1 Å². The lowest BCUT2D eigenvalue weighted by Crippen LogP contribution is -2.43. The molecule has 2 atom stereocenters. The fourth-order valence-corrected chi connectivity index (χ4v) is 4.56. The van der Waals surface area contributed by atoms with Gasteiger partial charge < -0.3 is 14.9 Å². The Morgan fingerprint density at radius 2 is 1.73 bits per heavy atom. The van der Waals surface area contributed by atoms with Crippen molar-refractivity contribution < 1.29 is 19.5 Å². The zero-order chi connectivity index (χ0) is 19.1. The number of hydrogen-bond donors (Lipinski definition) is 1. The highest BCUT2D eigenvalue weighted by Gasteiger charge is 2.29. The van der Waals surface area contributed by atoms with Crippen molar-refractivity contribution in [3.05, 3.63) is 0 Å². The molecule has 0 aromatic heterocycles. The molecule has 2 amide bonds. The fourth-order valence-electron chi connectivity index (χ4n) is 4.56. The Labute approximate surface area is 156 Å². The minimum absolute atomic E-state index is 0.0860. The van der Waals surface area contributed by atoms with Gasteiger partial charge in [0, 0.05) is 32.5 Å². The number of hydrogen-bond acceptors (Lipinski definition) is 3. The van der Waals surface area contributed by atoms with Crippen LogP contribution in [0, 0.1) is 11.8 Å². The van der Waals surface area contributed by atoms with Gasteiger partial charge in [-0.3, -0.25) is 14.4 Å². The monoisotopic (exact) mass is 366 g/mol. The van der Waals surface area contributed by atoms with Crippen LogP contribution in [0.2, 0.25) is 0 Å². The first-order valence-corrected chi connectivity index (χ1v) is 10.1. The first-order chi connectivity index (χ1) is 12.4. The molecule has 1 heterocycles. The first-order valence-electron chi connectivity index (χ1n) is 10.1. The Bertz CT molecular complexity index is 502. The van der Waals surface area contributed by atoms with Crippen LogP contribution in [0.25, 0.3) is 0 Å². The molecule has 6 heteroatoms. The van der Waals surface area contributed by atoms with E-state index in [1.165, 1.54) is 43.9 Å². The smallest absolute Gasteiger partial charge is 0.323 e. The van der Waals surface area contributed by atoms with E-state index in [1.54, 1.807) is 0 Å². The molecule has 0 radical (unpaired) electrons. The van der Waals surface area contributed by atoms with Crippen molar-refractivity contribution in [3.63, 3.8) is 0 Å². The van der Waals surface area contributed by atoms with Crippen molar-refractivity contribution >= 4 is 17.8 Å². The van der Waals surface area contributed by atoms with E-state index in [9.17, 15) is 14.4 Å². The number of carboxylic acids is 1. The van der Waals surface area contributed by atoms with Crippen LogP contribution in [0.5, 0.6) is 0 Å². The summed E-state index contributed by atoms with van der Waals surface area (Å²) in [5.74, 6) is 0.136. The van der Waals surface area contributed by atoms with Crippen LogP contribution in [0.4, 0.5) is 0 Å². The van der Waals surface area contributed by atoms with Gasteiger partial charge in [-0.25, -0.2) is 0 Å². The number of rotatable bonds is 6. The van der Waals surface area contributed by atoms with E-state index >= 15 is 0 Å². The Morgan fingerprint density at radius 1 is 1.04 bits per heavy atom. The Kier molecular flexibility index (Phi) is 7.91. The molecule has 2 aliphatic rings. The quantitative estimate of drug-likeness (QED) is 0.784. The standard InChI is InChI=1S/C20H34N2O4/c1-15(17-7-4-3-5-8-17)13-19(24)21-11-6-9-18(10-12-21)22(16(2)23)14-20(25)26/h15,17-18H,3-14H2,1-2H3,(H,25,26). The normalized spacial score (nSPS) is 23.2. The third-order valence-corrected chi connectivity index (χ3v) is 6.15. The van der Waals surface area contributed by atoms with Crippen LogP contribution in [0.15, 0.2) is 0 Å². The van der Waals surface area contributed by atoms with E-state index in [4.69, 9.17) is 5.11 Å². The summed E-state index contributed by atoms with van der Waals surface area (Å²) in [7, 11) is 0. The summed E-state index contributed by atoms with van der Waals surface area (Å²) in [5, 5.41) is 9.04. The van der Waals surface area contributed by atoms with Gasteiger partial charge in [0.1, 0.15) is 6.54 Å². The number of carboxylic acid groups (broad SMARTS) is 1. The van der Waals surface area contributed by atoms with Gasteiger partial charge in [-0.2, -0.15) is 0 Å². The van der Waals surface area contributed by atoms with Gasteiger partial charge in [0.15, 0.2) is 0 Å². The molecular weight excluding hydrogens is 332 g/mol. The molecule has 0 aromatic rings. The van der Waals surface area contributed by atoms with E-state index in [-0.39, 0.29) is 24.4 Å². The second kappa shape index (κ2) is 9.93. The average Bonchev–Trinajstić information content (AvgIpc) is 2.86. The van der Waals surface area contributed by atoms with E-state index in [2.05, 4.69) is 6.92 Å². The maximum atomic E-state index is 12.7. The van der Waals surface area contributed by atoms with E-state index in [0.717, 1.165) is 12.8 Å². The molecule has 1 saturated heterocycles. The number of carbonyl (C=O) groups excluding carboxylic acids is 2. The van der Waals surface area contributed by atoms with Crippen molar-refractivity contribution in [2.24, 2.45) is 11.8 Å². The maximum absolute atomic E-state index is 12.7. The molecule has 6 nitrogen and oxygen atoms in total. The third kappa shape index (κ3) is 5.99. The summed E-state index contributed by atoms with van der Waals surface area (Å²) in [6.45, 7) is 4.70. The summed E-state index contributed by atoms with van der Waals surface area (Å²) >= 11 is 0. The van der Waals surface area contributed by atoms with Crippen LogP contribution in [0.1, 0.15) is 71.6 Å². The number of nitrogens with zero attached hydrogens (tertiary/aromatic N) is 2. The average molecular weight is 367 g/mol. The third-order valence-electron chi connectivity index (χ3n) is 6.15. The van der Waals surface area contributed by atoms with Crippen LogP contribution >= 0.6 is 0 Å². The number of amides is 2. The van der Waals surface area contributed by atoms with Gasteiger partial charge in [-0.15, -0.1) is 0 Å². The van der Waals surface area contributed by atoms with Crippen LogP contribution < -0.4 is 0 Å². The van der Waals surface area contributed by atoms with Gasteiger partial charge >= 0.3 is 5.97 Å². The molecule has 1 aliphatic carbocycles. The number of carbonyl (C=O) groups is 3. The summed E-state index contributed by atoms with van der Waals surface area (Å²) in [6, 6.07) is -0.0860. The largest absolute Gasteiger partial charge is 0.480 e. The molecule has 1 saturated carbocycles. The van der Waals surface area contributed by atoms with Crippen LogP contribution in [0.3, 0.4) is 0 Å². The zero-order valence-electron chi connectivity index (χ0n) is 16.3. The molecule has 0 bridgehead atoms. The van der Waals surface area contributed by atoms with Gasteiger partial charge in [0.25, 0.3) is 0 Å². The molecule has 26 heavy (non-hydrogen) atoms. The second-order valence-electron chi connectivity index (χ2n) is 8.09. The lowest BCUT2D eigenvalue weighted by molar-refractivity contribution is -0.145. The molecule has 1 aliphatic heterocycles. The van der Waals surface area contributed by atoms with Crippen molar-refractivity contribution in [1.82, 2.24) is 9.80 Å². The number of likely N-dealkylation sites (tertiary alicyclic amines) is 1. The van der Waals surface area contributed by atoms with E-state index in [1.807, 2.05) is 4.90 Å². The molecular formula is C20H34N2O4. The molecule has 2 fully saturated rings.